The van der Waals surface area contributed by atoms with Crippen molar-refractivity contribution in [3.8, 4) is 0 Å². The van der Waals surface area contributed by atoms with Crippen LogP contribution < -0.4 is 5.32 Å². The van der Waals surface area contributed by atoms with E-state index in [4.69, 9.17) is 9.84 Å². The van der Waals surface area contributed by atoms with E-state index in [1.54, 1.807) is 0 Å². The highest BCUT2D eigenvalue weighted by Crippen LogP contribution is 2.27. The Morgan fingerprint density at radius 3 is 2.80 bits per heavy atom. The van der Waals surface area contributed by atoms with E-state index in [9.17, 15) is 0 Å². The fraction of sp³-hybridized carbons (Fsp3) is 1.00. The molecule has 2 N–H and O–H groups in total. The van der Waals surface area contributed by atoms with E-state index >= 15 is 0 Å². The van der Waals surface area contributed by atoms with Crippen molar-refractivity contribution < 1.29 is 9.84 Å². The largest absolute Gasteiger partial charge is 0.395 e. The van der Waals surface area contributed by atoms with Crippen LogP contribution >= 0.6 is 0 Å². The molecule has 0 aromatic carbocycles. The van der Waals surface area contributed by atoms with Gasteiger partial charge >= 0.3 is 0 Å². The van der Waals surface area contributed by atoms with Crippen LogP contribution in [0.1, 0.15) is 46.5 Å². The lowest BCUT2D eigenvalue weighted by molar-refractivity contribution is -0.0797. The third-order valence-corrected chi connectivity index (χ3v) is 3.53. The van der Waals surface area contributed by atoms with E-state index in [1.165, 1.54) is 0 Å². The van der Waals surface area contributed by atoms with Crippen molar-refractivity contribution in [2.75, 3.05) is 13.2 Å². The maximum Gasteiger partial charge on any atom is 0.0666 e. The van der Waals surface area contributed by atoms with Crippen molar-refractivity contribution in [1.82, 2.24) is 5.32 Å². The fourth-order valence-corrected chi connectivity index (χ4v) is 2.15. The molecule has 2 unspecified atom stereocenters. The fourth-order valence-electron chi connectivity index (χ4n) is 2.15. The van der Waals surface area contributed by atoms with Crippen LogP contribution in [-0.2, 0) is 4.74 Å². The van der Waals surface area contributed by atoms with Crippen LogP contribution in [0.2, 0.25) is 0 Å². The molecule has 1 aliphatic heterocycles. The molecule has 1 heterocycles. The topological polar surface area (TPSA) is 41.5 Å². The van der Waals surface area contributed by atoms with Gasteiger partial charge in [-0.15, -0.1) is 0 Å². The standard InChI is InChI=1S/C12H25NO2/c1-4-10(9-14)13-11-6-7-15-12(3,5-2)8-11/h10-11,13-14H,4-9H2,1-3H3/t10-,11?,12?/m1/s1. The van der Waals surface area contributed by atoms with Crippen LogP contribution in [0, 0.1) is 0 Å². The van der Waals surface area contributed by atoms with Crippen LogP contribution in [-0.4, -0.2) is 36.0 Å². The van der Waals surface area contributed by atoms with Crippen molar-refractivity contribution in [2.24, 2.45) is 0 Å². The van der Waals surface area contributed by atoms with Crippen molar-refractivity contribution in [2.45, 2.75) is 64.1 Å². The minimum Gasteiger partial charge on any atom is -0.395 e. The van der Waals surface area contributed by atoms with Gasteiger partial charge in [0.05, 0.1) is 12.2 Å². The molecule has 1 rings (SSSR count). The second kappa shape index (κ2) is 5.83. The van der Waals surface area contributed by atoms with Gasteiger partial charge in [0, 0.05) is 18.7 Å². The van der Waals surface area contributed by atoms with Gasteiger partial charge in [-0.05, 0) is 32.6 Å². The molecule has 15 heavy (non-hydrogen) atoms. The molecule has 0 aliphatic carbocycles. The van der Waals surface area contributed by atoms with E-state index in [0.29, 0.717) is 6.04 Å². The first-order valence-corrected chi connectivity index (χ1v) is 6.14. The van der Waals surface area contributed by atoms with Crippen LogP contribution in [0.3, 0.4) is 0 Å². The van der Waals surface area contributed by atoms with Gasteiger partial charge < -0.3 is 15.2 Å². The molecule has 0 bridgehead atoms. The van der Waals surface area contributed by atoms with E-state index in [-0.39, 0.29) is 18.2 Å². The first kappa shape index (κ1) is 12.9. The molecule has 0 radical (unpaired) electrons. The van der Waals surface area contributed by atoms with Gasteiger partial charge in [-0.3, -0.25) is 0 Å². The highest BCUT2D eigenvalue weighted by atomic mass is 16.5. The Bertz CT molecular complexity index is 182. The molecule has 90 valence electrons. The summed E-state index contributed by atoms with van der Waals surface area (Å²) in [6.45, 7) is 7.53. The Morgan fingerprint density at radius 1 is 1.53 bits per heavy atom. The Labute approximate surface area is 93.2 Å². The van der Waals surface area contributed by atoms with Crippen LogP contribution in [0.25, 0.3) is 0 Å². The molecular weight excluding hydrogens is 190 g/mol. The van der Waals surface area contributed by atoms with Crippen molar-refractivity contribution >= 4 is 0 Å². The molecule has 0 saturated carbocycles. The Morgan fingerprint density at radius 2 is 2.27 bits per heavy atom. The van der Waals surface area contributed by atoms with Crippen molar-refractivity contribution in [3.05, 3.63) is 0 Å². The molecule has 1 aliphatic rings. The first-order chi connectivity index (χ1) is 7.13. The lowest BCUT2D eigenvalue weighted by Crippen LogP contribution is -2.49. The lowest BCUT2D eigenvalue weighted by atomic mass is 9.89. The van der Waals surface area contributed by atoms with Gasteiger partial charge in [0.25, 0.3) is 0 Å². The molecule has 3 heteroatoms. The highest BCUT2D eigenvalue weighted by molar-refractivity contribution is 4.86. The lowest BCUT2D eigenvalue weighted by Gasteiger charge is -2.39. The average Bonchev–Trinajstić information content (AvgIpc) is 2.26. The monoisotopic (exact) mass is 215 g/mol. The van der Waals surface area contributed by atoms with E-state index in [2.05, 4.69) is 26.1 Å². The number of hydrogen-bond donors (Lipinski definition) is 2. The first-order valence-electron chi connectivity index (χ1n) is 6.14. The van der Waals surface area contributed by atoms with Crippen molar-refractivity contribution in [1.29, 1.82) is 0 Å². The summed E-state index contributed by atoms with van der Waals surface area (Å²) < 4.78 is 5.79. The zero-order valence-corrected chi connectivity index (χ0v) is 10.3. The number of rotatable bonds is 5. The second-order valence-corrected chi connectivity index (χ2v) is 4.80. The van der Waals surface area contributed by atoms with Crippen LogP contribution in [0.15, 0.2) is 0 Å². The second-order valence-electron chi connectivity index (χ2n) is 4.80. The van der Waals surface area contributed by atoms with E-state index < -0.39 is 0 Å². The highest BCUT2D eigenvalue weighted by Gasteiger charge is 2.32. The van der Waals surface area contributed by atoms with Gasteiger partial charge in [0.15, 0.2) is 0 Å². The maximum absolute atomic E-state index is 9.15. The molecule has 1 saturated heterocycles. The summed E-state index contributed by atoms with van der Waals surface area (Å²) in [6, 6.07) is 0.745. The predicted molar refractivity (Wildman–Crippen MR) is 62.0 cm³/mol. The number of aliphatic hydroxyl groups is 1. The quantitative estimate of drug-likeness (QED) is 0.733. The minimum absolute atomic E-state index is 0.0314. The Hall–Kier alpha value is -0.120. The molecule has 0 aromatic rings. The zero-order valence-electron chi connectivity index (χ0n) is 10.3. The SMILES string of the molecule is CC[C@H](CO)NC1CCOC(C)(CC)C1. The number of ether oxygens (including phenoxy) is 1. The Kier molecular flexibility index (Phi) is 5.03. The molecule has 0 spiro atoms. The summed E-state index contributed by atoms with van der Waals surface area (Å²) >= 11 is 0. The summed E-state index contributed by atoms with van der Waals surface area (Å²) in [7, 11) is 0. The minimum atomic E-state index is 0.0314. The van der Waals surface area contributed by atoms with Gasteiger partial charge in [-0.1, -0.05) is 13.8 Å². The van der Waals surface area contributed by atoms with E-state index in [0.717, 1.165) is 32.3 Å². The van der Waals surface area contributed by atoms with Gasteiger partial charge in [-0.25, -0.2) is 0 Å². The van der Waals surface area contributed by atoms with Gasteiger partial charge in [0.2, 0.25) is 0 Å². The Balaban J connectivity index is 2.42. The number of nitrogens with one attached hydrogen (secondary N) is 1. The maximum atomic E-state index is 9.15. The van der Waals surface area contributed by atoms with Crippen LogP contribution in [0.4, 0.5) is 0 Å². The molecule has 3 nitrogen and oxygen atoms in total. The molecule has 0 aromatic heterocycles. The zero-order chi connectivity index (χ0) is 11.3. The normalized spacial score (nSPS) is 34.0. The smallest absolute Gasteiger partial charge is 0.0666 e. The van der Waals surface area contributed by atoms with Gasteiger partial charge in [0.1, 0.15) is 0 Å². The molecule has 1 fully saturated rings. The third kappa shape index (κ3) is 3.74. The summed E-state index contributed by atoms with van der Waals surface area (Å²) in [6.07, 6.45) is 4.16. The average molecular weight is 215 g/mol. The van der Waals surface area contributed by atoms with Crippen molar-refractivity contribution in [3.63, 3.8) is 0 Å². The number of aliphatic hydroxyl groups excluding tert-OH is 1. The summed E-state index contributed by atoms with van der Waals surface area (Å²) in [4.78, 5) is 0. The molecule has 3 atom stereocenters. The molecular formula is C12H25NO2. The van der Waals surface area contributed by atoms with E-state index in [1.807, 2.05) is 0 Å². The summed E-state index contributed by atoms with van der Waals surface area (Å²) in [5.41, 5.74) is 0.0314. The predicted octanol–water partition coefficient (Wildman–Crippen LogP) is 1.69. The number of hydrogen-bond acceptors (Lipinski definition) is 3. The molecule has 0 amide bonds. The third-order valence-electron chi connectivity index (χ3n) is 3.53. The van der Waals surface area contributed by atoms with Crippen LogP contribution in [0.5, 0.6) is 0 Å². The summed E-state index contributed by atoms with van der Waals surface area (Å²) in [5.74, 6) is 0. The summed E-state index contributed by atoms with van der Waals surface area (Å²) in [5, 5.41) is 12.7. The van der Waals surface area contributed by atoms with Gasteiger partial charge in [-0.2, -0.15) is 0 Å².